The minimum Gasteiger partial charge on any atom is -0.481 e. The fourth-order valence-electron chi connectivity index (χ4n) is 1.86. The summed E-state index contributed by atoms with van der Waals surface area (Å²) in [6.45, 7) is 0.0513. The fourth-order valence-corrected chi connectivity index (χ4v) is 1.86. The maximum Gasteiger partial charge on any atom is 0.412 e. The topological polar surface area (TPSA) is 57.6 Å². The number of hydrogen-bond donors (Lipinski definition) is 1. The lowest BCUT2D eigenvalue weighted by Crippen LogP contribution is -2.36. The van der Waals surface area contributed by atoms with Gasteiger partial charge in [-0.25, -0.2) is 0 Å². The maximum atomic E-state index is 12.4. The molecule has 1 rings (SSSR count). The van der Waals surface area contributed by atoms with Crippen LogP contribution in [0.2, 0.25) is 0 Å². The van der Waals surface area contributed by atoms with Crippen molar-refractivity contribution in [3.05, 3.63) is 11.6 Å². The number of rotatable bonds is 5. The Morgan fingerprint density at radius 3 is 2.37 bits per heavy atom. The van der Waals surface area contributed by atoms with Gasteiger partial charge in [0, 0.05) is 31.5 Å². The van der Waals surface area contributed by atoms with Gasteiger partial charge in [0.15, 0.2) is 0 Å². The van der Waals surface area contributed by atoms with E-state index < -0.39 is 17.7 Å². The molecule has 0 atom stereocenters. The van der Waals surface area contributed by atoms with Crippen molar-refractivity contribution in [3.8, 4) is 0 Å². The van der Waals surface area contributed by atoms with Gasteiger partial charge in [-0.05, 0) is 19.3 Å². The highest BCUT2D eigenvalue weighted by Crippen LogP contribution is 2.30. The predicted octanol–water partition coefficient (Wildman–Crippen LogP) is 2.35. The van der Waals surface area contributed by atoms with Gasteiger partial charge in [0.25, 0.3) is 0 Å². The lowest BCUT2D eigenvalue weighted by Gasteiger charge is -2.27. The highest BCUT2D eigenvalue weighted by atomic mass is 19.4. The Morgan fingerprint density at radius 1 is 1.26 bits per heavy atom. The van der Waals surface area contributed by atoms with Crippen molar-refractivity contribution in [1.82, 2.24) is 4.90 Å². The molecule has 0 aromatic carbocycles. The van der Waals surface area contributed by atoms with Crippen molar-refractivity contribution < 1.29 is 27.9 Å². The van der Waals surface area contributed by atoms with E-state index in [-0.39, 0.29) is 38.3 Å². The molecule has 1 heterocycles. The summed E-state index contributed by atoms with van der Waals surface area (Å²) < 4.78 is 37.1. The van der Waals surface area contributed by atoms with Crippen LogP contribution in [-0.2, 0) is 9.59 Å². The van der Waals surface area contributed by atoms with E-state index in [0.717, 1.165) is 6.08 Å². The normalized spacial score (nSPS) is 16.2. The van der Waals surface area contributed by atoms with E-state index >= 15 is 0 Å². The Labute approximate surface area is 108 Å². The van der Waals surface area contributed by atoms with E-state index in [1.165, 1.54) is 4.90 Å². The first-order valence-electron chi connectivity index (χ1n) is 6.06. The Bertz CT molecular complexity index is 377. The molecule has 7 heteroatoms. The van der Waals surface area contributed by atoms with Crippen LogP contribution in [0.4, 0.5) is 13.2 Å². The summed E-state index contributed by atoms with van der Waals surface area (Å²) in [6.07, 6.45) is -2.41. The van der Waals surface area contributed by atoms with E-state index in [2.05, 4.69) is 0 Å². The zero-order chi connectivity index (χ0) is 14.5. The van der Waals surface area contributed by atoms with Crippen LogP contribution in [0.5, 0.6) is 0 Å². The summed E-state index contributed by atoms with van der Waals surface area (Å²) >= 11 is 0. The fraction of sp³-hybridized carbons (Fsp3) is 0.667. The van der Waals surface area contributed by atoms with Gasteiger partial charge in [0.2, 0.25) is 5.91 Å². The molecular formula is C12H16F3NO3. The number of halogens is 3. The van der Waals surface area contributed by atoms with E-state index in [1.807, 2.05) is 0 Å². The van der Waals surface area contributed by atoms with Gasteiger partial charge in [0.05, 0.1) is 0 Å². The van der Waals surface area contributed by atoms with E-state index in [0.29, 0.717) is 12.8 Å². The third-order valence-corrected chi connectivity index (χ3v) is 2.96. The van der Waals surface area contributed by atoms with Crippen LogP contribution >= 0.6 is 0 Å². The van der Waals surface area contributed by atoms with Crippen molar-refractivity contribution in [2.45, 2.75) is 38.3 Å². The summed E-state index contributed by atoms with van der Waals surface area (Å²) in [5, 5.41) is 8.42. The van der Waals surface area contributed by atoms with E-state index in [1.54, 1.807) is 0 Å². The molecular weight excluding hydrogens is 263 g/mol. The number of carboxylic acid groups (broad SMARTS) is 1. The zero-order valence-electron chi connectivity index (χ0n) is 10.4. The van der Waals surface area contributed by atoms with Crippen molar-refractivity contribution >= 4 is 11.9 Å². The number of carbonyl (C=O) groups excluding carboxylic acids is 1. The summed E-state index contributed by atoms with van der Waals surface area (Å²) in [5.41, 5.74) is -0.581. The van der Waals surface area contributed by atoms with Crippen LogP contribution < -0.4 is 0 Å². The number of amides is 1. The average Bonchev–Trinajstić information content (AvgIpc) is 2.33. The quantitative estimate of drug-likeness (QED) is 0.621. The Morgan fingerprint density at radius 2 is 1.89 bits per heavy atom. The standard InChI is InChI=1S/C12H16F3NO3/c13-12(14,15)9-5-7-16(8-6-9)10(17)3-1-2-4-11(18)19/h5H,1-4,6-8H2,(H,18,19). The largest absolute Gasteiger partial charge is 0.481 e. The number of carbonyl (C=O) groups is 2. The maximum absolute atomic E-state index is 12.4. The zero-order valence-corrected chi connectivity index (χ0v) is 10.4. The smallest absolute Gasteiger partial charge is 0.412 e. The van der Waals surface area contributed by atoms with Crippen LogP contribution in [-0.4, -0.2) is 41.1 Å². The minimum atomic E-state index is -4.31. The molecule has 0 saturated carbocycles. The highest BCUT2D eigenvalue weighted by Gasteiger charge is 2.35. The first-order valence-corrected chi connectivity index (χ1v) is 6.06. The van der Waals surface area contributed by atoms with Crippen LogP contribution in [0, 0.1) is 0 Å². The molecule has 0 aromatic rings. The number of unbranched alkanes of at least 4 members (excludes halogenated alkanes) is 1. The second-order valence-electron chi connectivity index (χ2n) is 4.42. The van der Waals surface area contributed by atoms with Crippen molar-refractivity contribution in [3.63, 3.8) is 0 Å². The van der Waals surface area contributed by atoms with Gasteiger partial charge in [-0.15, -0.1) is 0 Å². The molecule has 0 spiro atoms. The van der Waals surface area contributed by atoms with E-state index in [4.69, 9.17) is 5.11 Å². The van der Waals surface area contributed by atoms with Crippen molar-refractivity contribution in [1.29, 1.82) is 0 Å². The number of hydrogen-bond acceptors (Lipinski definition) is 2. The molecule has 0 fully saturated rings. The predicted molar refractivity (Wildman–Crippen MR) is 61.4 cm³/mol. The average molecular weight is 279 g/mol. The number of carboxylic acids is 1. The number of aliphatic carboxylic acids is 1. The van der Waals surface area contributed by atoms with Gasteiger partial charge in [-0.2, -0.15) is 13.2 Å². The summed E-state index contributed by atoms with van der Waals surface area (Å²) in [6, 6.07) is 0. The third kappa shape index (κ3) is 5.32. The molecule has 0 aliphatic carbocycles. The molecule has 1 N–H and O–H groups in total. The first kappa shape index (κ1) is 15.5. The van der Waals surface area contributed by atoms with Gasteiger partial charge in [0.1, 0.15) is 0 Å². The summed E-state index contributed by atoms with van der Waals surface area (Å²) in [5.74, 6) is -1.13. The molecule has 0 saturated heterocycles. The lowest BCUT2D eigenvalue weighted by molar-refractivity contribution is -0.137. The van der Waals surface area contributed by atoms with Crippen LogP contribution in [0.1, 0.15) is 32.1 Å². The number of alkyl halides is 3. The Kier molecular flexibility index (Phi) is 5.38. The second kappa shape index (κ2) is 6.58. The molecule has 0 radical (unpaired) electrons. The minimum absolute atomic E-state index is 0.00536. The summed E-state index contributed by atoms with van der Waals surface area (Å²) in [4.78, 5) is 23.3. The molecule has 108 valence electrons. The molecule has 4 nitrogen and oxygen atoms in total. The van der Waals surface area contributed by atoms with Gasteiger partial charge in [-0.3, -0.25) is 9.59 Å². The highest BCUT2D eigenvalue weighted by molar-refractivity contribution is 5.76. The first-order chi connectivity index (χ1) is 8.80. The van der Waals surface area contributed by atoms with Crippen LogP contribution in [0.25, 0.3) is 0 Å². The molecule has 0 unspecified atom stereocenters. The summed E-state index contributed by atoms with van der Waals surface area (Å²) in [7, 11) is 0. The molecule has 1 aliphatic rings. The monoisotopic (exact) mass is 279 g/mol. The van der Waals surface area contributed by atoms with Crippen LogP contribution in [0.3, 0.4) is 0 Å². The Hall–Kier alpha value is -1.53. The van der Waals surface area contributed by atoms with Gasteiger partial charge < -0.3 is 10.0 Å². The van der Waals surface area contributed by atoms with E-state index in [9.17, 15) is 22.8 Å². The third-order valence-electron chi connectivity index (χ3n) is 2.96. The van der Waals surface area contributed by atoms with Gasteiger partial charge >= 0.3 is 12.1 Å². The molecule has 1 aliphatic heterocycles. The SMILES string of the molecule is O=C(O)CCCCC(=O)N1CC=C(C(F)(F)F)CC1. The molecule has 0 aromatic heterocycles. The second-order valence-corrected chi connectivity index (χ2v) is 4.42. The van der Waals surface area contributed by atoms with Gasteiger partial charge in [-0.1, -0.05) is 6.08 Å². The number of nitrogens with zero attached hydrogens (tertiary/aromatic N) is 1. The van der Waals surface area contributed by atoms with Crippen molar-refractivity contribution in [2.24, 2.45) is 0 Å². The Balaban J connectivity index is 2.33. The lowest BCUT2D eigenvalue weighted by atomic mass is 10.1. The molecule has 1 amide bonds. The van der Waals surface area contributed by atoms with Crippen molar-refractivity contribution in [2.75, 3.05) is 13.1 Å². The molecule has 0 bridgehead atoms. The molecule has 19 heavy (non-hydrogen) atoms. The van der Waals surface area contributed by atoms with Crippen LogP contribution in [0.15, 0.2) is 11.6 Å².